The molecule has 0 aliphatic heterocycles. The Morgan fingerprint density at radius 2 is 0.667 bits per heavy atom. The van der Waals surface area contributed by atoms with Crippen LogP contribution < -0.4 is 0 Å². The predicted octanol–water partition coefficient (Wildman–Crippen LogP) is 14.1. The van der Waals surface area contributed by atoms with Gasteiger partial charge in [0.15, 0.2) is 0 Å². The maximum absolute atomic E-state index is 12.6. The third-order valence-corrected chi connectivity index (χ3v) is 9.58. The Labute approximate surface area is 282 Å². The summed E-state index contributed by atoms with van der Waals surface area (Å²) in [5.74, 6) is -0.717. The van der Waals surface area contributed by atoms with Gasteiger partial charge in [0, 0.05) is 12.8 Å². The zero-order chi connectivity index (χ0) is 32.9. The minimum absolute atomic E-state index is 0.00923. The third kappa shape index (κ3) is 37.3. The summed E-state index contributed by atoms with van der Waals surface area (Å²) in [5.41, 5.74) is 0. The van der Waals surface area contributed by atoms with Gasteiger partial charge in [0.2, 0.25) is 0 Å². The van der Waals surface area contributed by atoms with Crippen molar-refractivity contribution in [2.24, 2.45) is 0 Å². The second-order valence-electron chi connectivity index (χ2n) is 14.2. The van der Waals surface area contributed by atoms with Crippen molar-refractivity contribution in [1.82, 2.24) is 0 Å². The van der Waals surface area contributed by atoms with Crippen molar-refractivity contribution in [3.63, 3.8) is 0 Å². The standard InChI is InChI=1S/C41H80O4/c1-3-5-7-9-11-12-13-14-15-16-17-18-19-20-21-22-23-24-25-26-28-34-38-41(44)45-39(35-31-27-10-8-6-4-2)36-32-29-30-33-37-40(42)43/h39H,3-38H2,1-2H3,(H,42,43). The number of rotatable bonds is 38. The van der Waals surface area contributed by atoms with Crippen LogP contribution in [0.25, 0.3) is 0 Å². The average molecular weight is 637 g/mol. The van der Waals surface area contributed by atoms with Gasteiger partial charge in [0.05, 0.1) is 0 Å². The Balaban J connectivity index is 3.65. The van der Waals surface area contributed by atoms with Crippen LogP contribution >= 0.6 is 0 Å². The van der Waals surface area contributed by atoms with Crippen LogP contribution in [-0.2, 0) is 14.3 Å². The van der Waals surface area contributed by atoms with E-state index in [0.29, 0.717) is 6.42 Å². The molecule has 45 heavy (non-hydrogen) atoms. The van der Waals surface area contributed by atoms with E-state index in [1.165, 1.54) is 161 Å². The molecule has 0 aromatic rings. The monoisotopic (exact) mass is 637 g/mol. The molecule has 0 aromatic carbocycles. The fourth-order valence-electron chi connectivity index (χ4n) is 6.54. The molecule has 0 aromatic heterocycles. The molecule has 0 aliphatic carbocycles. The summed E-state index contributed by atoms with van der Waals surface area (Å²) in [6.07, 6.45) is 44.3. The first kappa shape index (κ1) is 43.9. The second-order valence-corrected chi connectivity index (χ2v) is 14.2. The predicted molar refractivity (Wildman–Crippen MR) is 195 cm³/mol. The highest BCUT2D eigenvalue weighted by Crippen LogP contribution is 2.19. The van der Waals surface area contributed by atoms with E-state index in [0.717, 1.165) is 57.8 Å². The fraction of sp³-hybridized carbons (Fsp3) is 0.951. The lowest BCUT2D eigenvalue weighted by atomic mass is 10.0. The van der Waals surface area contributed by atoms with Gasteiger partial charge in [-0.05, 0) is 38.5 Å². The fourth-order valence-corrected chi connectivity index (χ4v) is 6.54. The van der Waals surface area contributed by atoms with Crippen LogP contribution in [0, 0.1) is 0 Å². The minimum atomic E-state index is -0.708. The summed E-state index contributed by atoms with van der Waals surface area (Å²) < 4.78 is 5.94. The van der Waals surface area contributed by atoms with Crippen molar-refractivity contribution in [3.8, 4) is 0 Å². The van der Waals surface area contributed by atoms with Crippen LogP contribution in [0.1, 0.15) is 245 Å². The largest absolute Gasteiger partial charge is 0.481 e. The number of esters is 1. The first-order valence-corrected chi connectivity index (χ1v) is 20.5. The molecule has 0 amide bonds. The number of unbranched alkanes of at least 4 members (excludes halogenated alkanes) is 29. The van der Waals surface area contributed by atoms with Crippen molar-refractivity contribution >= 4 is 11.9 Å². The number of carboxylic acids is 1. The van der Waals surface area contributed by atoms with E-state index in [9.17, 15) is 9.59 Å². The zero-order valence-electron chi connectivity index (χ0n) is 30.7. The van der Waals surface area contributed by atoms with Crippen molar-refractivity contribution < 1.29 is 19.4 Å². The Hall–Kier alpha value is -1.06. The topological polar surface area (TPSA) is 63.6 Å². The molecule has 0 rings (SSSR count). The molecule has 0 heterocycles. The maximum atomic E-state index is 12.6. The maximum Gasteiger partial charge on any atom is 0.306 e. The summed E-state index contributed by atoms with van der Waals surface area (Å²) in [6, 6.07) is 0. The normalized spacial score (nSPS) is 12.0. The molecule has 0 aliphatic rings. The SMILES string of the molecule is CCCCCCCCCCCCCCCCCCCCCCCCC(=O)OC(CCCCCCCC)CCCCCCC(=O)O. The van der Waals surface area contributed by atoms with Crippen LogP contribution in [0.5, 0.6) is 0 Å². The molecule has 1 unspecified atom stereocenters. The van der Waals surface area contributed by atoms with Crippen molar-refractivity contribution in [1.29, 1.82) is 0 Å². The molecule has 0 saturated heterocycles. The lowest BCUT2D eigenvalue weighted by molar-refractivity contribution is -0.150. The highest BCUT2D eigenvalue weighted by molar-refractivity contribution is 5.69. The average Bonchev–Trinajstić information content (AvgIpc) is 3.02. The van der Waals surface area contributed by atoms with E-state index in [1.807, 2.05) is 0 Å². The number of hydrogen-bond acceptors (Lipinski definition) is 3. The van der Waals surface area contributed by atoms with Gasteiger partial charge in [0.1, 0.15) is 6.10 Å². The van der Waals surface area contributed by atoms with E-state index in [-0.39, 0.29) is 18.5 Å². The number of carbonyl (C=O) groups excluding carboxylic acids is 1. The molecule has 0 fully saturated rings. The Morgan fingerprint density at radius 3 is 0.978 bits per heavy atom. The highest BCUT2D eigenvalue weighted by Gasteiger charge is 2.14. The molecule has 0 saturated carbocycles. The molecule has 4 nitrogen and oxygen atoms in total. The first-order chi connectivity index (χ1) is 22.1. The summed E-state index contributed by atoms with van der Waals surface area (Å²) in [7, 11) is 0. The Morgan fingerprint density at radius 1 is 0.400 bits per heavy atom. The number of carbonyl (C=O) groups is 2. The lowest BCUT2D eigenvalue weighted by Crippen LogP contribution is -2.18. The van der Waals surface area contributed by atoms with E-state index in [1.54, 1.807) is 0 Å². The molecular weight excluding hydrogens is 556 g/mol. The van der Waals surface area contributed by atoms with Gasteiger partial charge in [-0.15, -0.1) is 0 Å². The Bertz CT molecular complexity index is 604. The van der Waals surface area contributed by atoms with E-state index >= 15 is 0 Å². The number of carboxylic acid groups (broad SMARTS) is 1. The van der Waals surface area contributed by atoms with Gasteiger partial charge in [-0.2, -0.15) is 0 Å². The van der Waals surface area contributed by atoms with E-state index in [2.05, 4.69) is 13.8 Å². The number of aliphatic carboxylic acids is 1. The first-order valence-electron chi connectivity index (χ1n) is 20.5. The summed E-state index contributed by atoms with van der Waals surface area (Å²) in [4.78, 5) is 23.3. The van der Waals surface area contributed by atoms with Gasteiger partial charge >= 0.3 is 11.9 Å². The quantitative estimate of drug-likeness (QED) is 0.0541. The molecule has 268 valence electrons. The number of hydrogen-bond donors (Lipinski definition) is 1. The molecule has 0 bridgehead atoms. The third-order valence-electron chi connectivity index (χ3n) is 9.58. The van der Waals surface area contributed by atoms with Crippen molar-refractivity contribution in [3.05, 3.63) is 0 Å². The molecule has 1 N–H and O–H groups in total. The molecule has 1 atom stereocenters. The second kappa shape index (κ2) is 37.4. The summed E-state index contributed by atoms with van der Waals surface area (Å²) in [5, 5.41) is 8.81. The van der Waals surface area contributed by atoms with E-state index < -0.39 is 5.97 Å². The van der Waals surface area contributed by atoms with Gasteiger partial charge in [-0.25, -0.2) is 0 Å². The number of ether oxygens (including phenoxy) is 1. The van der Waals surface area contributed by atoms with Gasteiger partial charge < -0.3 is 9.84 Å². The molecular formula is C41H80O4. The van der Waals surface area contributed by atoms with Crippen molar-refractivity contribution in [2.75, 3.05) is 0 Å². The van der Waals surface area contributed by atoms with Crippen LogP contribution in [0.3, 0.4) is 0 Å². The summed E-state index contributed by atoms with van der Waals surface area (Å²) in [6.45, 7) is 4.54. The molecule has 4 heteroatoms. The van der Waals surface area contributed by atoms with Crippen LogP contribution in [0.4, 0.5) is 0 Å². The molecule has 0 radical (unpaired) electrons. The lowest BCUT2D eigenvalue weighted by Gasteiger charge is -2.18. The van der Waals surface area contributed by atoms with E-state index in [4.69, 9.17) is 9.84 Å². The van der Waals surface area contributed by atoms with Crippen molar-refractivity contribution in [2.45, 2.75) is 251 Å². The van der Waals surface area contributed by atoms with Crippen LogP contribution in [0.2, 0.25) is 0 Å². The van der Waals surface area contributed by atoms with Gasteiger partial charge in [-0.1, -0.05) is 194 Å². The smallest absolute Gasteiger partial charge is 0.306 e. The van der Waals surface area contributed by atoms with Crippen LogP contribution in [-0.4, -0.2) is 23.1 Å². The van der Waals surface area contributed by atoms with Gasteiger partial charge in [0.25, 0.3) is 0 Å². The summed E-state index contributed by atoms with van der Waals surface area (Å²) >= 11 is 0. The highest BCUT2D eigenvalue weighted by atomic mass is 16.5. The molecule has 0 spiro atoms. The van der Waals surface area contributed by atoms with Gasteiger partial charge in [-0.3, -0.25) is 9.59 Å². The van der Waals surface area contributed by atoms with Crippen LogP contribution in [0.15, 0.2) is 0 Å². The minimum Gasteiger partial charge on any atom is -0.481 e. The zero-order valence-corrected chi connectivity index (χ0v) is 30.7. The Kier molecular flexibility index (Phi) is 36.5.